The van der Waals surface area contributed by atoms with Crippen LogP contribution in [0.15, 0.2) is 191 Å². The average molecular weight is 715 g/mol. The molecule has 0 saturated carbocycles. The van der Waals surface area contributed by atoms with E-state index in [0.29, 0.717) is 0 Å². The molecule has 13 rings (SSSR count). The zero-order valence-corrected chi connectivity index (χ0v) is 30.0. The molecule has 13 aromatic rings. The normalized spacial score (nSPS) is 12.3. The Hall–Kier alpha value is -7.56. The second-order valence-electron chi connectivity index (χ2n) is 14.8. The topological polar surface area (TPSA) is 36.1 Å². The number of rotatable bonds is 3. The van der Waals surface area contributed by atoms with Crippen molar-refractivity contribution in [2.75, 3.05) is 0 Å². The lowest BCUT2D eigenvalue weighted by atomic mass is 9.94. The minimum absolute atomic E-state index is 0.828. The maximum Gasteiger partial charge on any atom is 0.159 e. The van der Waals surface area contributed by atoms with Crippen molar-refractivity contribution >= 4 is 98.3 Å². The fourth-order valence-corrected chi connectivity index (χ4v) is 9.52. The SMILES string of the molecule is c1ccc2cc(-c3c4oc5c(-n6c7ccccc7c7ccccc76)cccc5c4cc4oc5c(-n6c7ccccc7c7ccccc76)cccc5c34)ccc2c1. The first-order valence-corrected chi connectivity index (χ1v) is 19.1. The summed E-state index contributed by atoms with van der Waals surface area (Å²) in [6.45, 7) is 0. The van der Waals surface area contributed by atoms with Crippen LogP contribution in [-0.2, 0) is 0 Å². The van der Waals surface area contributed by atoms with Gasteiger partial charge in [0.05, 0.1) is 33.4 Å². The molecule has 0 fully saturated rings. The van der Waals surface area contributed by atoms with Crippen molar-refractivity contribution in [2.45, 2.75) is 0 Å². The molecule has 4 heteroatoms. The number of hydrogen-bond acceptors (Lipinski definition) is 2. The maximum atomic E-state index is 7.28. The number of para-hydroxylation sites is 6. The van der Waals surface area contributed by atoms with Gasteiger partial charge >= 0.3 is 0 Å². The van der Waals surface area contributed by atoms with Gasteiger partial charge in [0.25, 0.3) is 0 Å². The van der Waals surface area contributed by atoms with Gasteiger partial charge in [0.1, 0.15) is 11.2 Å². The van der Waals surface area contributed by atoms with Crippen molar-refractivity contribution in [3.63, 3.8) is 0 Å². The smallest absolute Gasteiger partial charge is 0.159 e. The van der Waals surface area contributed by atoms with Gasteiger partial charge in [-0.05, 0) is 64.9 Å². The average Bonchev–Trinajstić information content (AvgIpc) is 4.01. The summed E-state index contributed by atoms with van der Waals surface area (Å²) in [5.41, 5.74) is 12.1. The third-order valence-corrected chi connectivity index (χ3v) is 11.9. The molecule has 0 N–H and O–H groups in total. The molecule has 0 aliphatic heterocycles. The lowest BCUT2D eigenvalue weighted by Gasteiger charge is -2.09. The highest BCUT2D eigenvalue weighted by atomic mass is 16.3. The molecule has 0 radical (unpaired) electrons. The fraction of sp³-hybridized carbons (Fsp3) is 0. The standard InChI is InChI=1S/C52H30N2O2/c1-2-14-32-29-33(28-27-31(32)13-1)48-49-39-20-12-26-46(54-43-23-9-5-17-36(43)37-18-6-10-24-44(37)54)51(39)55-47(49)30-40-38-19-11-25-45(50(38)56-52(40)48)53-41-21-7-3-15-34(41)35-16-4-8-22-42(35)53/h1-30H. The molecule has 0 bridgehead atoms. The zero-order chi connectivity index (χ0) is 36.5. The molecule has 0 unspecified atom stereocenters. The highest BCUT2D eigenvalue weighted by molar-refractivity contribution is 6.25. The summed E-state index contributed by atoms with van der Waals surface area (Å²) in [6.07, 6.45) is 0. The second kappa shape index (κ2) is 11.0. The van der Waals surface area contributed by atoms with Gasteiger partial charge in [0, 0.05) is 48.7 Å². The van der Waals surface area contributed by atoms with Crippen LogP contribution < -0.4 is 0 Å². The van der Waals surface area contributed by atoms with Crippen molar-refractivity contribution in [2.24, 2.45) is 0 Å². The van der Waals surface area contributed by atoms with Gasteiger partial charge in [0.15, 0.2) is 11.2 Å². The van der Waals surface area contributed by atoms with Crippen molar-refractivity contribution in [3.8, 4) is 22.5 Å². The Balaban J connectivity index is 1.17. The minimum atomic E-state index is 0.828. The van der Waals surface area contributed by atoms with Crippen molar-refractivity contribution in [3.05, 3.63) is 182 Å². The van der Waals surface area contributed by atoms with E-state index in [2.05, 4.69) is 191 Å². The number of benzene rings is 9. The third kappa shape index (κ3) is 3.92. The zero-order valence-electron chi connectivity index (χ0n) is 30.0. The van der Waals surface area contributed by atoms with E-state index < -0.39 is 0 Å². The van der Waals surface area contributed by atoms with Crippen molar-refractivity contribution in [1.82, 2.24) is 9.13 Å². The third-order valence-electron chi connectivity index (χ3n) is 11.9. The van der Waals surface area contributed by atoms with E-state index in [1.807, 2.05) is 0 Å². The van der Waals surface area contributed by atoms with Crippen LogP contribution >= 0.6 is 0 Å². The van der Waals surface area contributed by atoms with E-state index in [4.69, 9.17) is 8.83 Å². The van der Waals surface area contributed by atoms with Crippen LogP contribution in [0, 0.1) is 0 Å². The van der Waals surface area contributed by atoms with E-state index >= 15 is 0 Å². The summed E-state index contributed by atoms with van der Waals surface area (Å²) in [5, 5.41) is 11.4. The molecule has 4 nitrogen and oxygen atoms in total. The monoisotopic (exact) mass is 714 g/mol. The van der Waals surface area contributed by atoms with E-state index in [1.54, 1.807) is 0 Å². The van der Waals surface area contributed by atoms with Gasteiger partial charge in [-0.3, -0.25) is 0 Å². The maximum absolute atomic E-state index is 7.28. The molecule has 0 saturated heterocycles. The first-order chi connectivity index (χ1) is 27.8. The molecule has 260 valence electrons. The summed E-state index contributed by atoms with van der Waals surface area (Å²) in [7, 11) is 0. The van der Waals surface area contributed by atoms with Crippen LogP contribution in [-0.4, -0.2) is 9.13 Å². The molecule has 4 heterocycles. The number of hydrogen-bond donors (Lipinski definition) is 0. The molecule has 0 amide bonds. The Morgan fingerprint density at radius 3 is 1.39 bits per heavy atom. The number of nitrogens with zero attached hydrogens (tertiary/aromatic N) is 2. The van der Waals surface area contributed by atoms with Crippen LogP contribution in [0.3, 0.4) is 0 Å². The molecule has 56 heavy (non-hydrogen) atoms. The molecule has 0 atom stereocenters. The Kier molecular flexibility index (Phi) is 5.86. The summed E-state index contributed by atoms with van der Waals surface area (Å²) in [4.78, 5) is 0. The lowest BCUT2D eigenvalue weighted by molar-refractivity contribution is 0.662. The van der Waals surface area contributed by atoms with Gasteiger partial charge < -0.3 is 18.0 Å². The summed E-state index contributed by atoms with van der Waals surface area (Å²) in [6, 6.07) is 65.0. The van der Waals surface area contributed by atoms with E-state index in [9.17, 15) is 0 Å². The summed E-state index contributed by atoms with van der Waals surface area (Å²) in [5.74, 6) is 0. The van der Waals surface area contributed by atoms with Crippen LogP contribution in [0.2, 0.25) is 0 Å². The summed E-state index contributed by atoms with van der Waals surface area (Å²) >= 11 is 0. The van der Waals surface area contributed by atoms with Crippen LogP contribution in [0.1, 0.15) is 0 Å². The Morgan fingerprint density at radius 1 is 0.321 bits per heavy atom. The minimum Gasteiger partial charge on any atom is -0.454 e. The van der Waals surface area contributed by atoms with Gasteiger partial charge in [-0.1, -0.05) is 133 Å². The quantitative estimate of drug-likeness (QED) is 0.183. The second-order valence-corrected chi connectivity index (χ2v) is 14.8. The predicted molar refractivity (Wildman–Crippen MR) is 233 cm³/mol. The molecule has 4 aromatic heterocycles. The first-order valence-electron chi connectivity index (χ1n) is 19.1. The molecule has 0 aliphatic rings. The first kappa shape index (κ1) is 29.8. The van der Waals surface area contributed by atoms with Crippen molar-refractivity contribution < 1.29 is 8.83 Å². The fourth-order valence-electron chi connectivity index (χ4n) is 9.52. The Labute approximate surface area is 319 Å². The van der Waals surface area contributed by atoms with Gasteiger partial charge in [-0.2, -0.15) is 0 Å². The van der Waals surface area contributed by atoms with Crippen LogP contribution in [0.4, 0.5) is 0 Å². The van der Waals surface area contributed by atoms with E-state index in [-0.39, 0.29) is 0 Å². The highest BCUT2D eigenvalue weighted by Crippen LogP contribution is 2.48. The highest BCUT2D eigenvalue weighted by Gasteiger charge is 2.25. The predicted octanol–water partition coefficient (Wildman–Crippen LogP) is 14.5. The van der Waals surface area contributed by atoms with Crippen LogP contribution in [0.25, 0.3) is 121 Å². The molecule has 0 spiro atoms. The van der Waals surface area contributed by atoms with E-state index in [0.717, 1.165) is 88.4 Å². The van der Waals surface area contributed by atoms with Crippen molar-refractivity contribution in [1.29, 1.82) is 0 Å². The summed E-state index contributed by atoms with van der Waals surface area (Å²) < 4.78 is 19.1. The van der Waals surface area contributed by atoms with Gasteiger partial charge in [0.2, 0.25) is 0 Å². The molecular weight excluding hydrogens is 685 g/mol. The van der Waals surface area contributed by atoms with E-state index in [1.165, 1.54) is 32.3 Å². The Bertz CT molecular complexity index is 3550. The molecular formula is C52H30N2O2. The van der Waals surface area contributed by atoms with Gasteiger partial charge in [-0.25, -0.2) is 0 Å². The molecule has 9 aromatic carbocycles. The number of furan rings is 2. The lowest BCUT2D eigenvalue weighted by Crippen LogP contribution is -1.94. The molecule has 0 aliphatic carbocycles. The Morgan fingerprint density at radius 2 is 0.804 bits per heavy atom. The van der Waals surface area contributed by atoms with Crippen LogP contribution in [0.5, 0.6) is 0 Å². The number of aromatic nitrogens is 2. The number of fused-ring (bicyclic) bond motifs is 13. The largest absolute Gasteiger partial charge is 0.454 e. The van der Waals surface area contributed by atoms with Gasteiger partial charge in [-0.15, -0.1) is 0 Å².